The summed E-state index contributed by atoms with van der Waals surface area (Å²) < 4.78 is 0. The third kappa shape index (κ3) is 5.76. The smallest absolute Gasteiger partial charge is 0.0452 e. The standard InChI is InChI=1S/C14H21Cl2N/c1-3-7-17-8-6-11(2)9-12-4-5-13(15)10-14(12)16/h4-5,10-11,17H,3,6-9H2,1-2H3. The van der Waals surface area contributed by atoms with E-state index in [1.165, 1.54) is 18.4 Å². The molecule has 0 aromatic heterocycles. The average Bonchev–Trinajstić information content (AvgIpc) is 2.28. The number of halogens is 2. The van der Waals surface area contributed by atoms with Gasteiger partial charge in [0, 0.05) is 10.0 Å². The number of benzene rings is 1. The Kier molecular flexibility index (Phi) is 6.94. The molecule has 0 heterocycles. The van der Waals surface area contributed by atoms with E-state index in [0.717, 1.165) is 24.5 Å². The molecule has 0 saturated carbocycles. The van der Waals surface area contributed by atoms with Gasteiger partial charge < -0.3 is 5.32 Å². The monoisotopic (exact) mass is 273 g/mol. The van der Waals surface area contributed by atoms with E-state index < -0.39 is 0 Å². The first-order valence-corrected chi connectivity index (χ1v) is 7.03. The van der Waals surface area contributed by atoms with Gasteiger partial charge in [-0.1, -0.05) is 43.1 Å². The molecule has 1 aromatic carbocycles. The van der Waals surface area contributed by atoms with Crippen LogP contribution >= 0.6 is 23.2 Å². The molecule has 0 amide bonds. The van der Waals surface area contributed by atoms with Crippen molar-refractivity contribution in [3.63, 3.8) is 0 Å². The molecular weight excluding hydrogens is 253 g/mol. The van der Waals surface area contributed by atoms with Crippen molar-refractivity contribution in [1.29, 1.82) is 0 Å². The van der Waals surface area contributed by atoms with Gasteiger partial charge in [-0.3, -0.25) is 0 Å². The predicted octanol–water partition coefficient (Wildman–Crippen LogP) is 4.56. The molecule has 1 unspecified atom stereocenters. The van der Waals surface area contributed by atoms with Gasteiger partial charge in [-0.25, -0.2) is 0 Å². The Labute approximate surface area is 115 Å². The molecule has 1 atom stereocenters. The van der Waals surface area contributed by atoms with Crippen molar-refractivity contribution in [3.05, 3.63) is 33.8 Å². The van der Waals surface area contributed by atoms with E-state index in [9.17, 15) is 0 Å². The molecule has 0 saturated heterocycles. The molecule has 1 rings (SSSR count). The van der Waals surface area contributed by atoms with Crippen molar-refractivity contribution in [2.45, 2.75) is 33.1 Å². The maximum Gasteiger partial charge on any atom is 0.0452 e. The summed E-state index contributed by atoms with van der Waals surface area (Å²) in [6.45, 7) is 6.64. The summed E-state index contributed by atoms with van der Waals surface area (Å²) in [7, 11) is 0. The first-order valence-electron chi connectivity index (χ1n) is 6.28. The molecule has 0 aliphatic carbocycles. The van der Waals surface area contributed by atoms with Crippen molar-refractivity contribution < 1.29 is 0 Å². The molecule has 1 nitrogen and oxygen atoms in total. The Morgan fingerprint density at radius 3 is 2.65 bits per heavy atom. The van der Waals surface area contributed by atoms with Gasteiger partial charge in [0.05, 0.1) is 0 Å². The molecule has 1 aromatic rings. The van der Waals surface area contributed by atoms with Gasteiger partial charge in [-0.15, -0.1) is 0 Å². The van der Waals surface area contributed by atoms with Crippen LogP contribution in [0.4, 0.5) is 0 Å². The van der Waals surface area contributed by atoms with Crippen LogP contribution in [-0.2, 0) is 6.42 Å². The Balaban J connectivity index is 2.37. The van der Waals surface area contributed by atoms with Crippen LogP contribution in [0.3, 0.4) is 0 Å². The highest BCUT2D eigenvalue weighted by molar-refractivity contribution is 6.35. The average molecular weight is 274 g/mol. The molecule has 0 aliphatic heterocycles. The van der Waals surface area contributed by atoms with Crippen LogP contribution in [0.5, 0.6) is 0 Å². The molecule has 0 fully saturated rings. The van der Waals surface area contributed by atoms with Gasteiger partial charge in [0.25, 0.3) is 0 Å². The third-order valence-corrected chi connectivity index (χ3v) is 3.41. The van der Waals surface area contributed by atoms with E-state index in [4.69, 9.17) is 23.2 Å². The van der Waals surface area contributed by atoms with Crippen LogP contribution in [0.1, 0.15) is 32.3 Å². The van der Waals surface area contributed by atoms with Crippen LogP contribution < -0.4 is 5.32 Å². The Morgan fingerprint density at radius 1 is 1.24 bits per heavy atom. The lowest BCUT2D eigenvalue weighted by atomic mass is 9.98. The second-order valence-electron chi connectivity index (χ2n) is 4.58. The summed E-state index contributed by atoms with van der Waals surface area (Å²) in [5, 5.41) is 4.91. The van der Waals surface area contributed by atoms with E-state index >= 15 is 0 Å². The van der Waals surface area contributed by atoms with Crippen LogP contribution in [0.25, 0.3) is 0 Å². The highest BCUT2D eigenvalue weighted by Crippen LogP contribution is 2.24. The number of hydrogen-bond acceptors (Lipinski definition) is 1. The molecule has 0 aliphatic rings. The zero-order chi connectivity index (χ0) is 12.7. The highest BCUT2D eigenvalue weighted by Gasteiger charge is 2.07. The first kappa shape index (κ1) is 14.8. The summed E-state index contributed by atoms with van der Waals surface area (Å²) in [5.74, 6) is 0.637. The Morgan fingerprint density at radius 2 is 2.00 bits per heavy atom. The number of nitrogens with one attached hydrogen (secondary N) is 1. The summed E-state index contributed by atoms with van der Waals surface area (Å²) in [4.78, 5) is 0. The minimum absolute atomic E-state index is 0.637. The fraction of sp³-hybridized carbons (Fsp3) is 0.571. The van der Waals surface area contributed by atoms with Gasteiger partial charge in [-0.05, 0) is 56.0 Å². The van der Waals surface area contributed by atoms with E-state index in [1.807, 2.05) is 18.2 Å². The van der Waals surface area contributed by atoms with Crippen LogP contribution in [0.15, 0.2) is 18.2 Å². The number of rotatable bonds is 7. The molecule has 0 radical (unpaired) electrons. The minimum Gasteiger partial charge on any atom is -0.317 e. The molecule has 0 bridgehead atoms. The van der Waals surface area contributed by atoms with Crippen molar-refractivity contribution in [2.24, 2.45) is 5.92 Å². The molecule has 1 N–H and O–H groups in total. The zero-order valence-electron chi connectivity index (χ0n) is 10.6. The molecular formula is C14H21Cl2N. The topological polar surface area (TPSA) is 12.0 Å². The molecule has 0 spiro atoms. The Bertz CT molecular complexity index is 339. The summed E-state index contributed by atoms with van der Waals surface area (Å²) in [6.07, 6.45) is 3.39. The SMILES string of the molecule is CCCNCCC(C)Cc1ccc(Cl)cc1Cl. The van der Waals surface area contributed by atoms with E-state index in [0.29, 0.717) is 10.9 Å². The maximum absolute atomic E-state index is 6.16. The third-order valence-electron chi connectivity index (χ3n) is 2.82. The fourth-order valence-corrected chi connectivity index (χ4v) is 2.30. The summed E-state index contributed by atoms with van der Waals surface area (Å²) >= 11 is 12.0. The van der Waals surface area contributed by atoms with E-state index in [2.05, 4.69) is 19.2 Å². The number of hydrogen-bond donors (Lipinski definition) is 1. The largest absolute Gasteiger partial charge is 0.317 e. The zero-order valence-corrected chi connectivity index (χ0v) is 12.1. The van der Waals surface area contributed by atoms with Crippen molar-refractivity contribution in [2.75, 3.05) is 13.1 Å². The molecule has 3 heteroatoms. The van der Waals surface area contributed by atoms with E-state index in [1.54, 1.807) is 0 Å². The second-order valence-corrected chi connectivity index (χ2v) is 5.43. The second kappa shape index (κ2) is 7.97. The van der Waals surface area contributed by atoms with Gasteiger partial charge in [0.15, 0.2) is 0 Å². The first-order chi connectivity index (χ1) is 8.13. The molecule has 17 heavy (non-hydrogen) atoms. The van der Waals surface area contributed by atoms with Crippen LogP contribution in [-0.4, -0.2) is 13.1 Å². The summed E-state index contributed by atoms with van der Waals surface area (Å²) in [6, 6.07) is 5.76. The van der Waals surface area contributed by atoms with E-state index in [-0.39, 0.29) is 0 Å². The maximum atomic E-state index is 6.16. The van der Waals surface area contributed by atoms with Crippen LogP contribution in [0.2, 0.25) is 10.0 Å². The van der Waals surface area contributed by atoms with Gasteiger partial charge in [-0.2, -0.15) is 0 Å². The van der Waals surface area contributed by atoms with Crippen molar-refractivity contribution in [1.82, 2.24) is 5.32 Å². The predicted molar refractivity (Wildman–Crippen MR) is 77.1 cm³/mol. The fourth-order valence-electron chi connectivity index (χ4n) is 1.81. The lowest BCUT2D eigenvalue weighted by Gasteiger charge is -2.13. The lowest BCUT2D eigenvalue weighted by molar-refractivity contribution is 0.498. The quantitative estimate of drug-likeness (QED) is 0.718. The molecule has 96 valence electrons. The van der Waals surface area contributed by atoms with Crippen LogP contribution in [0, 0.1) is 5.92 Å². The van der Waals surface area contributed by atoms with Gasteiger partial charge in [0.1, 0.15) is 0 Å². The minimum atomic E-state index is 0.637. The Hall–Kier alpha value is -0.240. The highest BCUT2D eigenvalue weighted by atomic mass is 35.5. The normalized spacial score (nSPS) is 12.7. The van der Waals surface area contributed by atoms with Crippen molar-refractivity contribution >= 4 is 23.2 Å². The lowest BCUT2D eigenvalue weighted by Crippen LogP contribution is -2.18. The van der Waals surface area contributed by atoms with Gasteiger partial charge in [0.2, 0.25) is 0 Å². The van der Waals surface area contributed by atoms with Gasteiger partial charge >= 0.3 is 0 Å². The van der Waals surface area contributed by atoms with Crippen molar-refractivity contribution in [3.8, 4) is 0 Å². The summed E-state index contributed by atoms with van der Waals surface area (Å²) in [5.41, 5.74) is 1.19.